The van der Waals surface area contributed by atoms with E-state index in [2.05, 4.69) is 45.0 Å². The number of aliphatic hydroxyl groups excluding tert-OH is 13. The molecule has 718 valence electrons. The molecule has 0 radical (unpaired) electrons. The van der Waals surface area contributed by atoms with Gasteiger partial charge in [-0.3, -0.25) is 62.3 Å². The number of aliphatic hydroxyl groups is 18. The third-order valence-electron chi connectivity index (χ3n) is 21.5. The Morgan fingerprint density at radius 3 is 0.879 bits per heavy atom. The van der Waals surface area contributed by atoms with E-state index in [0.717, 1.165) is 32.1 Å². The van der Waals surface area contributed by atoms with E-state index in [4.69, 9.17) is 33.9 Å². The monoisotopic (exact) mass is 1800 g/mol. The zero-order valence-electron chi connectivity index (χ0n) is 72.4. The van der Waals surface area contributed by atoms with Crippen LogP contribution in [0.2, 0.25) is 0 Å². The van der Waals surface area contributed by atoms with Gasteiger partial charge in [0.05, 0.1) is 124 Å². The highest BCUT2D eigenvalue weighted by Crippen LogP contribution is 2.40. The number of ketones is 4. The number of carbonyl (C=O) groups excluding carboxylic acids is 13. The van der Waals surface area contributed by atoms with E-state index in [9.17, 15) is 144 Å². The third kappa shape index (κ3) is 37.7. The average Bonchev–Trinajstić information content (AvgIpc) is 0.801. The molecule has 5 fully saturated rings. The van der Waals surface area contributed by atoms with Crippen molar-refractivity contribution in [2.24, 2.45) is 41.4 Å². The van der Waals surface area contributed by atoms with E-state index in [-0.39, 0.29) is 123 Å². The molecule has 4 amide bonds. The van der Waals surface area contributed by atoms with Crippen LogP contribution in [0.3, 0.4) is 0 Å². The van der Waals surface area contributed by atoms with Gasteiger partial charge in [0.1, 0.15) is 59.8 Å². The van der Waals surface area contributed by atoms with Crippen LogP contribution in [-0.4, -0.2) is 336 Å². The summed E-state index contributed by atoms with van der Waals surface area (Å²) in [6, 6.07) is -2.95. The molecule has 31 atom stereocenters. The molecule has 22 N–H and O–H groups in total. The zero-order valence-corrected chi connectivity index (χ0v) is 72.4. The van der Waals surface area contributed by atoms with E-state index in [1.807, 2.05) is 34.6 Å². The zero-order chi connectivity index (χ0) is 95.1. The van der Waals surface area contributed by atoms with Crippen molar-refractivity contribution in [2.45, 2.75) is 358 Å². The van der Waals surface area contributed by atoms with E-state index in [1.54, 1.807) is 34.6 Å². The summed E-state index contributed by atoms with van der Waals surface area (Å²) >= 11 is 0. The van der Waals surface area contributed by atoms with Gasteiger partial charge in [-0.2, -0.15) is 0 Å². The lowest BCUT2D eigenvalue weighted by Gasteiger charge is -2.45. The predicted octanol–water partition coefficient (Wildman–Crippen LogP) is -5.19. The molecule has 124 heavy (non-hydrogen) atoms. The summed E-state index contributed by atoms with van der Waals surface area (Å²) in [5, 5.41) is 190. The van der Waals surface area contributed by atoms with Crippen molar-refractivity contribution >= 4 is 79.1 Å². The van der Waals surface area contributed by atoms with E-state index >= 15 is 0 Å². The topological polar surface area (TPSA) is 726 Å². The van der Waals surface area contributed by atoms with Gasteiger partial charge in [0.25, 0.3) is 32.4 Å². The van der Waals surface area contributed by atoms with E-state index in [0.29, 0.717) is 32.1 Å². The molecule has 0 aromatic rings. The number of hydrogen-bond donors (Lipinski definition) is 22. The van der Waals surface area contributed by atoms with Gasteiger partial charge in [0.15, 0.2) is 0 Å². The molecule has 5 aliphatic heterocycles. The summed E-state index contributed by atoms with van der Waals surface area (Å²) in [6.45, 7) is 20.1. The van der Waals surface area contributed by atoms with Crippen molar-refractivity contribution in [3.8, 4) is 0 Å². The minimum Gasteiger partial charge on any atom is -0.410 e. The Labute approximate surface area is 718 Å². The fourth-order valence-electron chi connectivity index (χ4n) is 14.7. The van der Waals surface area contributed by atoms with Crippen LogP contribution in [0.25, 0.3) is 0 Å². The van der Waals surface area contributed by atoms with Crippen molar-refractivity contribution in [1.29, 1.82) is 0 Å². The number of carbonyl (C=O) groups is 13. The summed E-state index contributed by atoms with van der Waals surface area (Å²) in [5.74, 6) is -17.5. The summed E-state index contributed by atoms with van der Waals surface area (Å²) < 4.78 is 48.4. The molecule has 0 saturated carbocycles. The molecule has 0 spiro atoms. The van der Waals surface area contributed by atoms with Crippen LogP contribution < -0.4 is 21.3 Å². The Morgan fingerprint density at radius 1 is 0.363 bits per heavy atom. The van der Waals surface area contributed by atoms with Crippen LogP contribution in [0.5, 0.6) is 0 Å². The smallest absolute Gasteiger partial charge is 0.329 e. The van der Waals surface area contributed by atoms with Gasteiger partial charge in [-0.1, -0.05) is 101 Å². The maximum Gasteiger partial charge on any atom is 0.329 e. The SMILES string of the molecule is CCCC(C)C(=O)CC1C(O)CC(O)(OC=O)OC1C(O)C(O)CO.CCCC(C)C(=O)CC1C(O)CC(O)(OC=O)OC1C(O)C(O)CO.CCCC(C)C(=O)CC1OC(O)(OC=O)CC(O)C1NC(C)=O.CCCC(C)C(=O)CC1OC(O)(OC=O)CC(O)C1NC(C)=O.CCCC(C)C(=O)NCC(O)C(O)C1OC(O)(OC=O)CC(O)C1NC(C)=O. The summed E-state index contributed by atoms with van der Waals surface area (Å²) in [4.78, 5) is 148. The lowest BCUT2D eigenvalue weighted by molar-refractivity contribution is -0.400. The molecular formula is C79H136N4O41. The van der Waals surface area contributed by atoms with Crippen LogP contribution in [0.15, 0.2) is 0 Å². The first-order valence-electron chi connectivity index (χ1n) is 41.3. The van der Waals surface area contributed by atoms with Crippen molar-refractivity contribution in [2.75, 3.05) is 19.8 Å². The third-order valence-corrected chi connectivity index (χ3v) is 21.5. The Morgan fingerprint density at radius 2 is 0.605 bits per heavy atom. The molecule has 5 saturated heterocycles. The van der Waals surface area contributed by atoms with E-state index in [1.165, 1.54) is 20.8 Å². The minimum absolute atomic E-state index is 0.00401. The fourth-order valence-corrected chi connectivity index (χ4v) is 14.7. The standard InChI is InChI=1S/C17H30N2O9.2C16H28O9.2C15H25NO7/c1-4-5-9(2)16(25)18-7-12(23)14(24)15-13(19-10(3)21)11(22)6-17(26,28-15)27-8-20;2*1-3-4-9(2)11(19)5-10-12(20)6-16(23,24-8-18)25-15(10)14(22)13(21)7-17;2*1-4-5-9(2)11(19)6-13-14(16-10(3)18)12(20)7-15(21,23-13)22-8-17/h8-9,11-15,22-24,26H,4-7H2,1-3H3,(H,18,25)(H,19,21);2*8-10,12-15,17,20-23H,3-7H2,1-2H3;2*8-9,12-14,20-21H,4-7H2,1-3H3,(H,16,18). The van der Waals surface area contributed by atoms with Crippen LogP contribution in [-0.2, 0) is 110 Å². The second-order valence-corrected chi connectivity index (χ2v) is 32.0. The maximum atomic E-state index is 12.3. The molecule has 0 aromatic carbocycles. The molecule has 5 aliphatic rings. The molecular weight excluding hydrogens is 1660 g/mol. The van der Waals surface area contributed by atoms with Crippen LogP contribution in [0, 0.1) is 41.4 Å². The van der Waals surface area contributed by atoms with Crippen molar-refractivity contribution in [3.63, 3.8) is 0 Å². The highest BCUT2D eigenvalue weighted by Gasteiger charge is 2.56. The predicted molar refractivity (Wildman–Crippen MR) is 420 cm³/mol. The number of ether oxygens (including phenoxy) is 10. The van der Waals surface area contributed by atoms with Crippen LogP contribution >= 0.6 is 0 Å². The Bertz CT molecular complexity index is 3120. The number of Topliss-reactive ketones (excluding diaryl/α,β-unsaturated/α-hetero) is 4. The molecule has 45 heteroatoms. The van der Waals surface area contributed by atoms with Crippen molar-refractivity contribution < 1.29 is 202 Å². The quantitative estimate of drug-likeness (QED) is 0.0154. The van der Waals surface area contributed by atoms with Crippen LogP contribution in [0.4, 0.5) is 0 Å². The highest BCUT2D eigenvalue weighted by atomic mass is 16.9. The number of amides is 4. The lowest BCUT2D eigenvalue weighted by atomic mass is 9.80. The second-order valence-electron chi connectivity index (χ2n) is 32.0. The largest absolute Gasteiger partial charge is 0.410 e. The normalized spacial score (nSPS) is 32.2. The average molecular weight is 1800 g/mol. The van der Waals surface area contributed by atoms with Crippen molar-refractivity contribution in [1.82, 2.24) is 21.3 Å². The molecule has 0 bridgehead atoms. The Kier molecular flexibility index (Phi) is 51.6. The van der Waals surface area contributed by atoms with Gasteiger partial charge in [0.2, 0.25) is 23.6 Å². The number of rotatable bonds is 46. The molecule has 0 aliphatic carbocycles. The fraction of sp³-hybridized carbons (Fsp3) is 0.835. The van der Waals surface area contributed by atoms with Gasteiger partial charge in [-0.15, -0.1) is 0 Å². The van der Waals surface area contributed by atoms with Gasteiger partial charge in [-0.05, 0) is 32.1 Å². The minimum atomic E-state index is -2.54. The molecule has 5 rings (SSSR count). The maximum absolute atomic E-state index is 12.3. The molecule has 5 heterocycles. The molecule has 45 nitrogen and oxygen atoms in total. The summed E-state index contributed by atoms with van der Waals surface area (Å²) in [7, 11) is 0. The summed E-state index contributed by atoms with van der Waals surface area (Å²) in [6.07, 6.45) is -18.4. The van der Waals surface area contributed by atoms with Crippen molar-refractivity contribution in [3.05, 3.63) is 0 Å². The first kappa shape index (κ1) is 115. The number of hydrogen-bond acceptors (Lipinski definition) is 41. The summed E-state index contributed by atoms with van der Waals surface area (Å²) in [5.41, 5.74) is 0. The van der Waals surface area contributed by atoms with Gasteiger partial charge in [0, 0.05) is 94.4 Å². The van der Waals surface area contributed by atoms with Gasteiger partial charge < -0.3 is 161 Å². The first-order chi connectivity index (χ1) is 57.8. The Hall–Kier alpha value is -7.01. The van der Waals surface area contributed by atoms with Crippen LogP contribution in [0.1, 0.15) is 212 Å². The molecule has 31 unspecified atom stereocenters. The lowest BCUT2D eigenvalue weighted by Crippen LogP contribution is -2.66. The van der Waals surface area contributed by atoms with Gasteiger partial charge in [-0.25, -0.2) is 0 Å². The number of nitrogens with one attached hydrogen (secondary N) is 4. The molecule has 0 aromatic heterocycles. The second kappa shape index (κ2) is 55.7. The highest BCUT2D eigenvalue weighted by molar-refractivity contribution is 5.83. The Balaban J connectivity index is 0.000000776. The van der Waals surface area contributed by atoms with E-state index < -0.39 is 221 Å². The first-order valence-corrected chi connectivity index (χ1v) is 41.3. The van der Waals surface area contributed by atoms with Gasteiger partial charge >= 0.3 is 29.9 Å².